The van der Waals surface area contributed by atoms with Crippen molar-refractivity contribution < 1.29 is 5.11 Å². The van der Waals surface area contributed by atoms with Gasteiger partial charge in [0.2, 0.25) is 0 Å². The van der Waals surface area contributed by atoms with Gasteiger partial charge in [-0.25, -0.2) is 0 Å². The second-order valence-electron chi connectivity index (χ2n) is 2.87. The Morgan fingerprint density at radius 2 is 2.00 bits per heavy atom. The topological polar surface area (TPSA) is 20.2 Å². The lowest BCUT2D eigenvalue weighted by Crippen LogP contribution is -1.92. The third-order valence-electron chi connectivity index (χ3n) is 1.29. The van der Waals surface area contributed by atoms with E-state index in [4.69, 9.17) is 5.11 Å². The quantitative estimate of drug-likeness (QED) is 0.604. The summed E-state index contributed by atoms with van der Waals surface area (Å²) in [6.45, 7) is 4.83. The predicted molar refractivity (Wildman–Crippen MR) is 48.5 cm³/mol. The highest BCUT2D eigenvalue weighted by molar-refractivity contribution is 7.99. The second-order valence-corrected chi connectivity index (χ2v) is 4.10. The zero-order chi connectivity index (χ0) is 7.82. The highest BCUT2D eigenvalue weighted by atomic mass is 32.2. The Morgan fingerprint density at radius 1 is 1.30 bits per heavy atom. The number of rotatable bonds is 6. The number of thioether (sulfide) groups is 1. The molecular weight excluding hydrogens is 144 g/mol. The van der Waals surface area contributed by atoms with E-state index in [9.17, 15) is 0 Å². The normalized spacial score (nSPS) is 10.8. The van der Waals surface area contributed by atoms with Gasteiger partial charge in [-0.05, 0) is 30.3 Å². The van der Waals surface area contributed by atoms with Gasteiger partial charge in [0.25, 0.3) is 0 Å². The first-order valence-corrected chi connectivity index (χ1v) is 5.11. The van der Waals surface area contributed by atoms with Gasteiger partial charge < -0.3 is 5.11 Å². The second kappa shape index (κ2) is 7.42. The Hall–Kier alpha value is 0.310. The van der Waals surface area contributed by atoms with Crippen LogP contribution in [0.2, 0.25) is 0 Å². The molecule has 0 aromatic carbocycles. The molecule has 0 amide bonds. The number of hydrogen-bond donors (Lipinski definition) is 1. The summed E-state index contributed by atoms with van der Waals surface area (Å²) < 4.78 is 0. The molecule has 1 N–H and O–H groups in total. The van der Waals surface area contributed by atoms with Crippen LogP contribution >= 0.6 is 11.8 Å². The van der Waals surface area contributed by atoms with Crippen molar-refractivity contribution in [3.8, 4) is 0 Å². The van der Waals surface area contributed by atoms with E-state index >= 15 is 0 Å². The van der Waals surface area contributed by atoms with E-state index in [0.29, 0.717) is 6.61 Å². The number of aliphatic hydroxyl groups excluding tert-OH is 1. The van der Waals surface area contributed by atoms with Crippen LogP contribution in [-0.4, -0.2) is 23.2 Å². The zero-order valence-electron chi connectivity index (χ0n) is 6.97. The van der Waals surface area contributed by atoms with Gasteiger partial charge in [-0.3, -0.25) is 0 Å². The molecule has 0 bridgehead atoms. The molecule has 0 aromatic rings. The molecule has 0 aliphatic carbocycles. The molecule has 0 atom stereocenters. The first-order chi connectivity index (χ1) is 4.77. The highest BCUT2D eigenvalue weighted by Gasteiger charge is 1.93. The molecule has 0 radical (unpaired) electrons. The molecule has 0 fully saturated rings. The molecule has 0 rings (SSSR count). The summed E-state index contributed by atoms with van der Waals surface area (Å²) in [5.74, 6) is 3.18. The van der Waals surface area contributed by atoms with E-state index in [-0.39, 0.29) is 0 Å². The Bertz CT molecular complexity index is 64.3. The van der Waals surface area contributed by atoms with E-state index in [1.807, 2.05) is 11.8 Å². The molecule has 0 saturated carbocycles. The van der Waals surface area contributed by atoms with Crippen LogP contribution in [0, 0.1) is 5.92 Å². The molecule has 0 heterocycles. The van der Waals surface area contributed by atoms with Crippen molar-refractivity contribution in [3.05, 3.63) is 0 Å². The molecule has 0 unspecified atom stereocenters. The van der Waals surface area contributed by atoms with E-state index in [1.165, 1.54) is 12.2 Å². The molecular formula is C8H18OS. The largest absolute Gasteiger partial charge is 0.396 e. The van der Waals surface area contributed by atoms with Crippen LogP contribution < -0.4 is 0 Å². The van der Waals surface area contributed by atoms with Gasteiger partial charge in [-0.1, -0.05) is 13.8 Å². The number of aliphatic hydroxyl groups is 1. The summed E-state index contributed by atoms with van der Waals surface area (Å²) in [4.78, 5) is 0. The third kappa shape index (κ3) is 8.31. The van der Waals surface area contributed by atoms with Crippen LogP contribution in [0.25, 0.3) is 0 Å². The first-order valence-electron chi connectivity index (χ1n) is 3.96. The lowest BCUT2D eigenvalue weighted by molar-refractivity contribution is 0.296. The van der Waals surface area contributed by atoms with E-state index in [2.05, 4.69) is 13.8 Å². The standard InChI is InChI=1S/C8H18OS/c1-8(2)4-7-10-6-3-5-9/h8-9H,3-7H2,1-2H3. The van der Waals surface area contributed by atoms with Crippen LogP contribution in [0.1, 0.15) is 26.7 Å². The lowest BCUT2D eigenvalue weighted by Gasteiger charge is -2.02. The maximum Gasteiger partial charge on any atom is 0.0438 e. The average Bonchev–Trinajstić information content (AvgIpc) is 1.87. The fraction of sp³-hybridized carbons (Fsp3) is 1.00. The van der Waals surface area contributed by atoms with Crippen molar-refractivity contribution in [1.29, 1.82) is 0 Å². The Balaban J connectivity index is 2.77. The molecule has 2 heteroatoms. The van der Waals surface area contributed by atoms with Crippen LogP contribution in [0.3, 0.4) is 0 Å². The minimum atomic E-state index is 0.342. The minimum absolute atomic E-state index is 0.342. The van der Waals surface area contributed by atoms with Crippen molar-refractivity contribution in [2.24, 2.45) is 5.92 Å². The summed E-state index contributed by atoms with van der Waals surface area (Å²) in [5, 5.41) is 8.46. The lowest BCUT2D eigenvalue weighted by atomic mass is 10.2. The van der Waals surface area contributed by atoms with Crippen LogP contribution in [0.4, 0.5) is 0 Å². The summed E-state index contributed by atoms with van der Waals surface area (Å²) in [6, 6.07) is 0. The van der Waals surface area contributed by atoms with Crippen molar-refractivity contribution in [1.82, 2.24) is 0 Å². The molecule has 0 aromatic heterocycles. The SMILES string of the molecule is CC(C)CCSCCCO. The van der Waals surface area contributed by atoms with Gasteiger partial charge in [0.1, 0.15) is 0 Å². The smallest absolute Gasteiger partial charge is 0.0438 e. The van der Waals surface area contributed by atoms with Crippen molar-refractivity contribution in [3.63, 3.8) is 0 Å². The zero-order valence-corrected chi connectivity index (χ0v) is 7.78. The first kappa shape index (κ1) is 10.3. The highest BCUT2D eigenvalue weighted by Crippen LogP contribution is 2.08. The summed E-state index contributed by atoms with van der Waals surface area (Å²) in [5.41, 5.74) is 0. The van der Waals surface area contributed by atoms with Gasteiger partial charge in [0.15, 0.2) is 0 Å². The summed E-state index contributed by atoms with van der Waals surface area (Å²) in [6.07, 6.45) is 2.25. The van der Waals surface area contributed by atoms with Crippen LogP contribution in [0.15, 0.2) is 0 Å². The van der Waals surface area contributed by atoms with Gasteiger partial charge in [0.05, 0.1) is 0 Å². The Morgan fingerprint density at radius 3 is 2.50 bits per heavy atom. The van der Waals surface area contributed by atoms with Gasteiger partial charge in [-0.15, -0.1) is 0 Å². The molecule has 0 spiro atoms. The van der Waals surface area contributed by atoms with Gasteiger partial charge in [0, 0.05) is 6.61 Å². The van der Waals surface area contributed by atoms with E-state index < -0.39 is 0 Å². The molecule has 10 heavy (non-hydrogen) atoms. The fourth-order valence-corrected chi connectivity index (χ4v) is 1.76. The van der Waals surface area contributed by atoms with Gasteiger partial charge in [-0.2, -0.15) is 11.8 Å². The Kier molecular flexibility index (Phi) is 7.65. The van der Waals surface area contributed by atoms with Crippen LogP contribution in [-0.2, 0) is 0 Å². The minimum Gasteiger partial charge on any atom is -0.396 e. The fourth-order valence-electron chi connectivity index (χ4n) is 0.588. The van der Waals surface area contributed by atoms with Gasteiger partial charge >= 0.3 is 0 Å². The summed E-state index contributed by atoms with van der Waals surface area (Å²) in [7, 11) is 0. The van der Waals surface area contributed by atoms with Crippen molar-refractivity contribution in [2.45, 2.75) is 26.7 Å². The van der Waals surface area contributed by atoms with Crippen LogP contribution in [0.5, 0.6) is 0 Å². The molecule has 62 valence electrons. The molecule has 0 aliphatic heterocycles. The van der Waals surface area contributed by atoms with E-state index in [1.54, 1.807) is 0 Å². The summed E-state index contributed by atoms with van der Waals surface area (Å²) >= 11 is 1.95. The van der Waals surface area contributed by atoms with Crippen molar-refractivity contribution >= 4 is 11.8 Å². The number of hydrogen-bond acceptors (Lipinski definition) is 2. The van der Waals surface area contributed by atoms with E-state index in [0.717, 1.165) is 18.1 Å². The molecule has 0 saturated heterocycles. The average molecular weight is 162 g/mol. The third-order valence-corrected chi connectivity index (χ3v) is 2.39. The molecule has 0 aliphatic rings. The Labute approximate surface area is 68.2 Å². The maximum atomic E-state index is 8.46. The predicted octanol–water partition coefficient (Wildman–Crippen LogP) is 2.15. The maximum absolute atomic E-state index is 8.46. The molecule has 1 nitrogen and oxygen atoms in total. The van der Waals surface area contributed by atoms with Crippen molar-refractivity contribution in [2.75, 3.05) is 18.1 Å². The monoisotopic (exact) mass is 162 g/mol.